The minimum absolute atomic E-state index is 0.520. The molecule has 1 rings (SSSR count). The molecule has 0 aliphatic rings. The van der Waals surface area contributed by atoms with Crippen molar-refractivity contribution in [3.63, 3.8) is 0 Å². The van der Waals surface area contributed by atoms with Crippen molar-refractivity contribution in [2.75, 3.05) is 0 Å². The maximum absolute atomic E-state index is 9.89. The Morgan fingerprint density at radius 2 is 2.55 bits per heavy atom. The van der Waals surface area contributed by atoms with E-state index in [9.17, 15) is 10.1 Å². The summed E-state index contributed by atoms with van der Waals surface area (Å²) in [5, 5.41) is 9.89. The summed E-state index contributed by atoms with van der Waals surface area (Å²) in [6.45, 7) is 1.80. The summed E-state index contributed by atoms with van der Waals surface area (Å²) in [7, 11) is 0. The van der Waals surface area contributed by atoms with Crippen molar-refractivity contribution < 1.29 is 4.92 Å². The number of rotatable bonds is 2. The van der Waals surface area contributed by atoms with E-state index < -0.39 is 4.92 Å². The Hall–Kier alpha value is -1.65. The molecule has 0 aromatic carbocycles. The van der Waals surface area contributed by atoms with Crippen LogP contribution in [0.4, 0.5) is 0 Å². The number of H-pyrrole nitrogens is 1. The maximum atomic E-state index is 9.89. The van der Waals surface area contributed by atoms with Crippen LogP contribution in [0.3, 0.4) is 0 Å². The maximum Gasteiger partial charge on any atom is 0.236 e. The number of hydrogen-bond donors (Lipinski definition) is 1. The van der Waals surface area contributed by atoms with Crippen molar-refractivity contribution in [1.82, 2.24) is 9.97 Å². The first-order chi connectivity index (χ1) is 5.20. The first-order valence-corrected chi connectivity index (χ1v) is 3.02. The number of nitrogens with zero attached hydrogens (tertiary/aromatic N) is 2. The van der Waals surface area contributed by atoms with Gasteiger partial charge in [0.05, 0.1) is 16.9 Å². The molecule has 0 fully saturated rings. The highest BCUT2D eigenvalue weighted by Gasteiger charge is 1.96. The van der Waals surface area contributed by atoms with Crippen LogP contribution in [0.15, 0.2) is 12.5 Å². The van der Waals surface area contributed by atoms with Crippen LogP contribution < -0.4 is 0 Å². The van der Waals surface area contributed by atoms with Crippen LogP contribution in [0.2, 0.25) is 0 Å². The summed E-state index contributed by atoms with van der Waals surface area (Å²) in [6, 6.07) is 0. The molecule has 1 aromatic rings. The van der Waals surface area contributed by atoms with Crippen molar-refractivity contribution in [1.29, 1.82) is 0 Å². The molecule has 0 saturated carbocycles. The lowest BCUT2D eigenvalue weighted by Crippen LogP contribution is -1.83. The number of hydrogen-bond acceptors (Lipinski definition) is 3. The van der Waals surface area contributed by atoms with Crippen molar-refractivity contribution in [3.8, 4) is 0 Å². The zero-order valence-electron chi connectivity index (χ0n) is 5.94. The Morgan fingerprint density at radius 3 is 3.00 bits per heavy atom. The smallest absolute Gasteiger partial charge is 0.236 e. The van der Waals surface area contributed by atoms with Gasteiger partial charge in [-0.3, -0.25) is 10.1 Å². The lowest BCUT2D eigenvalue weighted by molar-refractivity contribution is -0.401. The molecule has 0 radical (unpaired) electrons. The van der Waals surface area contributed by atoms with Gasteiger partial charge in [0.1, 0.15) is 0 Å². The number of imidazole rings is 1. The predicted octanol–water partition coefficient (Wildman–Crippen LogP) is 0.966. The molecule has 1 aromatic heterocycles. The molecule has 0 spiro atoms. The zero-order valence-corrected chi connectivity index (χ0v) is 5.94. The Kier molecular flexibility index (Phi) is 2.00. The predicted molar refractivity (Wildman–Crippen MR) is 39.4 cm³/mol. The van der Waals surface area contributed by atoms with Gasteiger partial charge in [-0.15, -0.1) is 0 Å². The summed E-state index contributed by atoms with van der Waals surface area (Å²) in [6.07, 6.45) is 3.71. The molecule has 5 heteroatoms. The third-order valence-electron chi connectivity index (χ3n) is 1.22. The molecule has 0 bridgehead atoms. The van der Waals surface area contributed by atoms with Gasteiger partial charge in [0.25, 0.3) is 0 Å². The van der Waals surface area contributed by atoms with E-state index >= 15 is 0 Å². The highest BCUT2D eigenvalue weighted by Crippen LogP contribution is 2.01. The van der Waals surface area contributed by atoms with Gasteiger partial charge < -0.3 is 4.98 Å². The van der Waals surface area contributed by atoms with E-state index in [1.165, 1.54) is 12.4 Å². The molecule has 5 nitrogen and oxygen atoms in total. The molecular formula is C6H7N3O2. The van der Waals surface area contributed by atoms with Crippen molar-refractivity contribution in [3.05, 3.63) is 34.0 Å². The zero-order chi connectivity index (χ0) is 8.27. The largest absolute Gasteiger partial charge is 0.348 e. The van der Waals surface area contributed by atoms with Gasteiger partial charge in [0, 0.05) is 11.8 Å². The van der Waals surface area contributed by atoms with E-state index in [-0.39, 0.29) is 0 Å². The number of nitrogens with one attached hydrogen (secondary N) is 1. The number of aryl methyl sites for hydroxylation is 1. The van der Waals surface area contributed by atoms with Crippen molar-refractivity contribution >= 4 is 6.08 Å². The summed E-state index contributed by atoms with van der Waals surface area (Å²) >= 11 is 0. The average molecular weight is 153 g/mol. The van der Waals surface area contributed by atoms with Gasteiger partial charge in [0.2, 0.25) is 6.20 Å². The molecule has 0 aliphatic carbocycles. The second-order valence-electron chi connectivity index (χ2n) is 2.01. The Morgan fingerprint density at radius 1 is 1.82 bits per heavy atom. The molecule has 0 saturated heterocycles. The van der Waals surface area contributed by atoms with E-state index in [2.05, 4.69) is 9.97 Å². The lowest BCUT2D eigenvalue weighted by Gasteiger charge is -1.83. The van der Waals surface area contributed by atoms with E-state index in [0.29, 0.717) is 5.69 Å². The summed E-state index contributed by atoms with van der Waals surface area (Å²) in [4.78, 5) is 16.0. The SMILES string of the molecule is Cc1[nH]cnc1/C=C/[N+](=O)[O-]. The van der Waals surface area contributed by atoms with Gasteiger partial charge in [-0.25, -0.2) is 4.98 Å². The summed E-state index contributed by atoms with van der Waals surface area (Å²) in [5.74, 6) is 0. The number of nitro groups is 1. The second-order valence-corrected chi connectivity index (χ2v) is 2.01. The molecule has 0 atom stereocenters. The first-order valence-electron chi connectivity index (χ1n) is 3.02. The fourth-order valence-electron chi connectivity index (χ4n) is 0.669. The van der Waals surface area contributed by atoms with Crippen LogP contribution in [0.25, 0.3) is 6.08 Å². The quantitative estimate of drug-likeness (QED) is 0.508. The molecule has 1 N–H and O–H groups in total. The molecule has 0 unspecified atom stereocenters. The fraction of sp³-hybridized carbons (Fsp3) is 0.167. The summed E-state index contributed by atoms with van der Waals surface area (Å²) < 4.78 is 0. The van der Waals surface area contributed by atoms with Gasteiger partial charge >= 0.3 is 0 Å². The Bertz CT molecular complexity index is 290. The van der Waals surface area contributed by atoms with Gasteiger partial charge in [-0.05, 0) is 6.92 Å². The van der Waals surface area contributed by atoms with Crippen LogP contribution in [0.5, 0.6) is 0 Å². The molecule has 0 aliphatic heterocycles. The molecule has 11 heavy (non-hydrogen) atoms. The topological polar surface area (TPSA) is 71.8 Å². The molecular weight excluding hydrogens is 146 g/mol. The first kappa shape index (κ1) is 7.46. The monoisotopic (exact) mass is 153 g/mol. The number of aromatic nitrogens is 2. The third-order valence-corrected chi connectivity index (χ3v) is 1.22. The third kappa shape index (κ3) is 1.89. The van der Waals surface area contributed by atoms with E-state index in [1.807, 2.05) is 0 Å². The molecule has 0 amide bonds. The average Bonchev–Trinajstić information content (AvgIpc) is 2.31. The second kappa shape index (κ2) is 2.96. The van der Waals surface area contributed by atoms with Crippen molar-refractivity contribution in [2.24, 2.45) is 0 Å². The van der Waals surface area contributed by atoms with Crippen LogP contribution in [-0.2, 0) is 0 Å². The minimum Gasteiger partial charge on any atom is -0.348 e. The standard InChI is InChI=1S/C6H7N3O2/c1-5-6(8-4-7-5)2-3-9(10)11/h2-4H,1H3,(H,7,8)/b3-2+. The van der Waals surface area contributed by atoms with Gasteiger partial charge in [-0.1, -0.05) is 0 Å². The Balaban J connectivity index is 2.79. The lowest BCUT2D eigenvalue weighted by atomic mass is 10.3. The highest BCUT2D eigenvalue weighted by atomic mass is 16.6. The van der Waals surface area contributed by atoms with E-state index in [1.54, 1.807) is 6.92 Å². The normalized spacial score (nSPS) is 10.6. The highest BCUT2D eigenvalue weighted by molar-refractivity contribution is 5.45. The molecule has 1 heterocycles. The number of aromatic amines is 1. The van der Waals surface area contributed by atoms with Gasteiger partial charge in [0.15, 0.2) is 0 Å². The van der Waals surface area contributed by atoms with E-state index in [0.717, 1.165) is 11.9 Å². The fourth-order valence-corrected chi connectivity index (χ4v) is 0.669. The minimum atomic E-state index is -0.520. The van der Waals surface area contributed by atoms with Crippen LogP contribution in [0.1, 0.15) is 11.4 Å². The molecule has 58 valence electrons. The van der Waals surface area contributed by atoms with Crippen LogP contribution >= 0.6 is 0 Å². The van der Waals surface area contributed by atoms with Crippen LogP contribution in [-0.4, -0.2) is 14.9 Å². The Labute approximate surface area is 62.9 Å². The summed E-state index contributed by atoms with van der Waals surface area (Å²) in [5.41, 5.74) is 1.42. The van der Waals surface area contributed by atoms with Crippen LogP contribution in [0, 0.1) is 17.0 Å². The van der Waals surface area contributed by atoms with Gasteiger partial charge in [-0.2, -0.15) is 0 Å². The van der Waals surface area contributed by atoms with Crippen molar-refractivity contribution in [2.45, 2.75) is 6.92 Å². The van der Waals surface area contributed by atoms with E-state index in [4.69, 9.17) is 0 Å².